The molecule has 0 saturated carbocycles. The highest BCUT2D eigenvalue weighted by atomic mass is 16.5. The maximum atomic E-state index is 10.7. The van der Waals surface area contributed by atoms with E-state index in [9.17, 15) is 4.79 Å². The minimum atomic E-state index is -0.264. The van der Waals surface area contributed by atoms with Crippen LogP contribution < -0.4 is 5.56 Å². The Kier molecular flexibility index (Phi) is 1.66. The van der Waals surface area contributed by atoms with Crippen molar-refractivity contribution in [1.82, 2.24) is 20.1 Å². The third-order valence-electron chi connectivity index (χ3n) is 1.42. The van der Waals surface area contributed by atoms with Crippen molar-refractivity contribution in [1.29, 1.82) is 0 Å². The summed E-state index contributed by atoms with van der Waals surface area (Å²) in [4.78, 5) is 20.9. The topological polar surface area (TPSA) is 84.7 Å². The molecule has 0 aliphatic heterocycles. The summed E-state index contributed by atoms with van der Waals surface area (Å²) in [7, 11) is 0. The van der Waals surface area contributed by atoms with Crippen molar-refractivity contribution in [3.8, 4) is 11.6 Å². The Labute approximate surface area is 72.6 Å². The zero-order chi connectivity index (χ0) is 9.26. The Hall–Kier alpha value is -1.98. The highest BCUT2D eigenvalue weighted by molar-refractivity contribution is 5.43. The summed E-state index contributed by atoms with van der Waals surface area (Å²) in [5.74, 6) is 0.830. The molecule has 66 valence electrons. The molecule has 13 heavy (non-hydrogen) atoms. The van der Waals surface area contributed by atoms with Gasteiger partial charge in [-0.05, 0) is 6.92 Å². The molecule has 6 nitrogen and oxygen atoms in total. The number of aromatic nitrogens is 4. The van der Waals surface area contributed by atoms with E-state index in [-0.39, 0.29) is 5.56 Å². The first kappa shape index (κ1) is 7.66. The fourth-order valence-electron chi connectivity index (χ4n) is 0.860. The van der Waals surface area contributed by atoms with Crippen LogP contribution in [0.25, 0.3) is 11.6 Å². The van der Waals surface area contributed by atoms with Crippen molar-refractivity contribution >= 4 is 0 Å². The summed E-state index contributed by atoms with van der Waals surface area (Å²) in [6.45, 7) is 1.71. The molecular weight excluding hydrogens is 172 g/mol. The van der Waals surface area contributed by atoms with E-state index >= 15 is 0 Å². The lowest BCUT2D eigenvalue weighted by molar-refractivity contribution is 0.424. The minimum absolute atomic E-state index is 0.264. The number of nitrogens with one attached hydrogen (secondary N) is 1. The third-order valence-corrected chi connectivity index (χ3v) is 1.42. The summed E-state index contributed by atoms with van der Waals surface area (Å²) in [6, 6.07) is 0. The van der Waals surface area contributed by atoms with E-state index in [0.29, 0.717) is 17.4 Å². The van der Waals surface area contributed by atoms with Crippen molar-refractivity contribution in [2.24, 2.45) is 0 Å². The fraction of sp³-hybridized carbons (Fsp3) is 0.143. The summed E-state index contributed by atoms with van der Waals surface area (Å²) in [5, 5.41) is 3.60. The van der Waals surface area contributed by atoms with Crippen LogP contribution >= 0.6 is 0 Å². The number of aromatic amines is 1. The smallest absolute Gasteiger partial charge is 0.278 e. The van der Waals surface area contributed by atoms with Gasteiger partial charge in [-0.1, -0.05) is 5.16 Å². The van der Waals surface area contributed by atoms with E-state index in [1.165, 1.54) is 6.20 Å². The largest absolute Gasteiger partial charge is 0.332 e. The van der Waals surface area contributed by atoms with Gasteiger partial charge in [0.05, 0.1) is 6.20 Å². The standard InChI is InChI=1S/C7H6N4O2/c1-4-10-7(13-11-4)5-2-9-6(12)3-8-5/h2-3H,1H3,(H,9,12). The van der Waals surface area contributed by atoms with Crippen molar-refractivity contribution in [3.63, 3.8) is 0 Å². The normalized spacial score (nSPS) is 10.2. The lowest BCUT2D eigenvalue weighted by Gasteiger charge is -1.89. The highest BCUT2D eigenvalue weighted by Crippen LogP contribution is 2.10. The van der Waals surface area contributed by atoms with Crippen molar-refractivity contribution in [2.45, 2.75) is 6.92 Å². The first-order valence-corrected chi connectivity index (χ1v) is 3.61. The van der Waals surface area contributed by atoms with E-state index in [2.05, 4.69) is 20.1 Å². The second kappa shape index (κ2) is 2.81. The van der Waals surface area contributed by atoms with Gasteiger partial charge in [0.15, 0.2) is 5.82 Å². The predicted octanol–water partition coefficient (Wildman–Crippen LogP) is 0.128. The molecule has 0 aliphatic carbocycles. The second-order valence-corrected chi connectivity index (χ2v) is 2.44. The molecule has 0 aromatic carbocycles. The van der Waals surface area contributed by atoms with E-state index in [0.717, 1.165) is 6.20 Å². The molecule has 1 N–H and O–H groups in total. The molecule has 0 saturated heterocycles. The number of hydrogen-bond donors (Lipinski definition) is 1. The van der Waals surface area contributed by atoms with Crippen LogP contribution in [0.3, 0.4) is 0 Å². The summed E-state index contributed by atoms with van der Waals surface area (Å²) < 4.78 is 4.84. The number of H-pyrrole nitrogens is 1. The van der Waals surface area contributed by atoms with Crippen LogP contribution in [0.15, 0.2) is 21.7 Å². The van der Waals surface area contributed by atoms with Crippen molar-refractivity contribution in [2.75, 3.05) is 0 Å². The number of nitrogens with zero attached hydrogens (tertiary/aromatic N) is 3. The molecule has 0 radical (unpaired) electrons. The SMILES string of the molecule is Cc1noc(-c2c[nH]c(=O)cn2)n1. The van der Waals surface area contributed by atoms with Gasteiger partial charge in [-0.25, -0.2) is 4.98 Å². The maximum Gasteiger partial charge on any atom is 0.278 e. The van der Waals surface area contributed by atoms with Gasteiger partial charge in [0, 0.05) is 6.20 Å². The summed E-state index contributed by atoms with van der Waals surface area (Å²) in [5.41, 5.74) is 0.195. The second-order valence-electron chi connectivity index (χ2n) is 2.44. The van der Waals surface area contributed by atoms with Crippen LogP contribution in [-0.2, 0) is 0 Å². The quantitative estimate of drug-likeness (QED) is 0.670. The first-order valence-electron chi connectivity index (χ1n) is 3.61. The Balaban J connectivity index is 2.47. The first-order chi connectivity index (χ1) is 6.25. The van der Waals surface area contributed by atoms with E-state index in [4.69, 9.17) is 4.52 Å². The van der Waals surface area contributed by atoms with Crippen LogP contribution in [0.4, 0.5) is 0 Å². The van der Waals surface area contributed by atoms with Gasteiger partial charge in [-0.3, -0.25) is 4.79 Å². The van der Waals surface area contributed by atoms with Crippen LogP contribution in [0.2, 0.25) is 0 Å². The molecule has 2 heterocycles. The van der Waals surface area contributed by atoms with Gasteiger partial charge in [0.1, 0.15) is 5.69 Å². The Morgan fingerprint density at radius 3 is 2.92 bits per heavy atom. The summed E-state index contributed by atoms with van der Waals surface area (Å²) in [6.07, 6.45) is 2.59. The van der Waals surface area contributed by atoms with Gasteiger partial charge in [-0.15, -0.1) is 0 Å². The number of rotatable bonds is 1. The van der Waals surface area contributed by atoms with Gasteiger partial charge in [0.2, 0.25) is 0 Å². The Bertz CT molecular complexity index is 453. The molecule has 0 fully saturated rings. The molecule has 0 bridgehead atoms. The lowest BCUT2D eigenvalue weighted by Crippen LogP contribution is -2.04. The van der Waals surface area contributed by atoms with Crippen LogP contribution in [0.1, 0.15) is 5.82 Å². The van der Waals surface area contributed by atoms with Crippen LogP contribution in [0.5, 0.6) is 0 Å². The van der Waals surface area contributed by atoms with Crippen LogP contribution in [-0.4, -0.2) is 20.1 Å². The van der Waals surface area contributed by atoms with Crippen molar-refractivity contribution < 1.29 is 4.52 Å². The van der Waals surface area contributed by atoms with Gasteiger partial charge in [-0.2, -0.15) is 4.98 Å². The Morgan fingerprint density at radius 2 is 2.38 bits per heavy atom. The average molecular weight is 178 g/mol. The molecule has 0 spiro atoms. The molecule has 2 aromatic rings. The number of aryl methyl sites for hydroxylation is 1. The molecule has 0 aliphatic rings. The van der Waals surface area contributed by atoms with E-state index in [1.54, 1.807) is 6.92 Å². The molecule has 2 rings (SSSR count). The van der Waals surface area contributed by atoms with Gasteiger partial charge >= 0.3 is 0 Å². The lowest BCUT2D eigenvalue weighted by atomic mass is 10.4. The van der Waals surface area contributed by atoms with Gasteiger partial charge < -0.3 is 9.51 Å². The van der Waals surface area contributed by atoms with Gasteiger partial charge in [0.25, 0.3) is 11.4 Å². The molecule has 0 unspecified atom stereocenters. The van der Waals surface area contributed by atoms with Crippen LogP contribution in [0, 0.1) is 6.92 Å². The third kappa shape index (κ3) is 1.46. The highest BCUT2D eigenvalue weighted by Gasteiger charge is 2.06. The predicted molar refractivity (Wildman–Crippen MR) is 42.9 cm³/mol. The zero-order valence-electron chi connectivity index (χ0n) is 6.81. The fourth-order valence-corrected chi connectivity index (χ4v) is 0.860. The molecule has 0 amide bonds. The average Bonchev–Trinajstić information content (AvgIpc) is 2.53. The maximum absolute atomic E-state index is 10.7. The molecule has 0 atom stereocenters. The Morgan fingerprint density at radius 1 is 1.54 bits per heavy atom. The summed E-state index contributed by atoms with van der Waals surface area (Å²) >= 11 is 0. The molecular formula is C7H6N4O2. The minimum Gasteiger partial charge on any atom is -0.332 e. The molecule has 6 heteroatoms. The molecule has 2 aromatic heterocycles. The van der Waals surface area contributed by atoms with E-state index in [1.807, 2.05) is 0 Å². The van der Waals surface area contributed by atoms with Crippen molar-refractivity contribution in [3.05, 3.63) is 28.6 Å². The zero-order valence-corrected chi connectivity index (χ0v) is 6.81. The number of hydrogen-bond acceptors (Lipinski definition) is 5. The monoisotopic (exact) mass is 178 g/mol. The van der Waals surface area contributed by atoms with E-state index < -0.39 is 0 Å².